The van der Waals surface area contributed by atoms with E-state index in [2.05, 4.69) is 0 Å². The predicted molar refractivity (Wildman–Crippen MR) is 69.7 cm³/mol. The van der Waals surface area contributed by atoms with Crippen molar-refractivity contribution in [3.8, 4) is 0 Å². The molecule has 1 aromatic carbocycles. The summed E-state index contributed by atoms with van der Waals surface area (Å²) >= 11 is 0. The Kier molecular flexibility index (Phi) is 4.52. The van der Waals surface area contributed by atoms with Crippen LogP contribution >= 0.6 is 0 Å². The molecule has 3 N–H and O–H groups in total. The van der Waals surface area contributed by atoms with E-state index in [0.29, 0.717) is 18.8 Å². The maximum atomic E-state index is 11.5. The fraction of sp³-hybridized carbons (Fsp3) is 0.500. The highest BCUT2D eigenvalue weighted by atomic mass is 16.5. The summed E-state index contributed by atoms with van der Waals surface area (Å²) in [6.07, 6.45) is 1.59. The minimum Gasteiger partial charge on any atom is -0.480 e. The van der Waals surface area contributed by atoms with E-state index in [-0.39, 0.29) is 12.7 Å². The SMILES string of the molecule is NC(COC1CCOCC1)(C(=O)O)c1ccccc1. The van der Waals surface area contributed by atoms with E-state index in [4.69, 9.17) is 15.2 Å². The predicted octanol–water partition coefficient (Wildman–Crippen LogP) is 1.12. The highest BCUT2D eigenvalue weighted by molar-refractivity contribution is 5.80. The van der Waals surface area contributed by atoms with Crippen LogP contribution in [0.2, 0.25) is 0 Å². The Labute approximate surface area is 112 Å². The largest absolute Gasteiger partial charge is 0.480 e. The third kappa shape index (κ3) is 3.32. The summed E-state index contributed by atoms with van der Waals surface area (Å²) in [5, 5.41) is 9.39. The molecule has 5 nitrogen and oxygen atoms in total. The van der Waals surface area contributed by atoms with E-state index in [1.165, 1.54) is 0 Å². The van der Waals surface area contributed by atoms with E-state index in [0.717, 1.165) is 12.8 Å². The van der Waals surface area contributed by atoms with Gasteiger partial charge in [0.15, 0.2) is 5.54 Å². The van der Waals surface area contributed by atoms with Gasteiger partial charge in [-0.1, -0.05) is 30.3 Å². The number of aliphatic carboxylic acids is 1. The third-order valence-corrected chi connectivity index (χ3v) is 3.39. The highest BCUT2D eigenvalue weighted by Gasteiger charge is 2.37. The molecule has 104 valence electrons. The topological polar surface area (TPSA) is 81.8 Å². The quantitative estimate of drug-likeness (QED) is 0.833. The molecular weight excluding hydrogens is 246 g/mol. The first-order valence-corrected chi connectivity index (χ1v) is 6.40. The van der Waals surface area contributed by atoms with Crippen LogP contribution in [0.1, 0.15) is 18.4 Å². The Hall–Kier alpha value is -1.43. The molecule has 1 aliphatic rings. The maximum absolute atomic E-state index is 11.5. The Balaban J connectivity index is 2.05. The van der Waals surface area contributed by atoms with Gasteiger partial charge in [0.2, 0.25) is 0 Å². The van der Waals surface area contributed by atoms with Crippen molar-refractivity contribution in [3.05, 3.63) is 35.9 Å². The maximum Gasteiger partial charge on any atom is 0.330 e. The molecule has 0 saturated carbocycles. The second kappa shape index (κ2) is 6.14. The van der Waals surface area contributed by atoms with Gasteiger partial charge in [-0.2, -0.15) is 0 Å². The number of benzene rings is 1. The fourth-order valence-corrected chi connectivity index (χ4v) is 2.10. The van der Waals surface area contributed by atoms with Crippen LogP contribution in [0.5, 0.6) is 0 Å². The minimum absolute atomic E-state index is 0.0275. The molecule has 1 fully saturated rings. The monoisotopic (exact) mass is 265 g/mol. The first-order chi connectivity index (χ1) is 9.13. The standard InChI is InChI=1S/C14H19NO4/c15-14(13(16)17,11-4-2-1-3-5-11)10-19-12-6-8-18-9-7-12/h1-5,12H,6-10,15H2,(H,16,17). The number of carbonyl (C=O) groups is 1. The smallest absolute Gasteiger partial charge is 0.330 e. The zero-order chi connectivity index (χ0) is 13.7. The van der Waals surface area contributed by atoms with Crippen molar-refractivity contribution in [2.24, 2.45) is 5.73 Å². The van der Waals surface area contributed by atoms with E-state index in [1.54, 1.807) is 24.3 Å². The van der Waals surface area contributed by atoms with Crippen molar-refractivity contribution in [3.63, 3.8) is 0 Å². The summed E-state index contributed by atoms with van der Waals surface area (Å²) < 4.78 is 10.9. The molecule has 19 heavy (non-hydrogen) atoms. The van der Waals surface area contributed by atoms with Crippen molar-refractivity contribution in [1.29, 1.82) is 0 Å². The Morgan fingerprint density at radius 3 is 2.58 bits per heavy atom. The Morgan fingerprint density at radius 1 is 1.37 bits per heavy atom. The zero-order valence-corrected chi connectivity index (χ0v) is 10.7. The molecule has 0 spiro atoms. The summed E-state index contributed by atoms with van der Waals surface area (Å²) in [4.78, 5) is 11.5. The summed E-state index contributed by atoms with van der Waals surface area (Å²) in [5.74, 6) is -1.08. The number of nitrogens with two attached hydrogens (primary N) is 1. The number of rotatable bonds is 5. The van der Waals surface area contributed by atoms with Gasteiger partial charge in [0.25, 0.3) is 0 Å². The molecule has 1 heterocycles. The van der Waals surface area contributed by atoms with Gasteiger partial charge in [0.1, 0.15) is 0 Å². The van der Waals surface area contributed by atoms with Gasteiger partial charge in [-0.25, -0.2) is 4.79 Å². The van der Waals surface area contributed by atoms with Gasteiger partial charge in [0.05, 0.1) is 12.7 Å². The van der Waals surface area contributed by atoms with Crippen molar-refractivity contribution in [2.45, 2.75) is 24.5 Å². The van der Waals surface area contributed by atoms with E-state index >= 15 is 0 Å². The first kappa shape index (κ1) is 14.0. The van der Waals surface area contributed by atoms with Gasteiger partial charge >= 0.3 is 5.97 Å². The average molecular weight is 265 g/mol. The average Bonchev–Trinajstić information content (AvgIpc) is 2.46. The molecule has 0 radical (unpaired) electrons. The van der Waals surface area contributed by atoms with Crippen molar-refractivity contribution >= 4 is 5.97 Å². The molecule has 5 heteroatoms. The van der Waals surface area contributed by atoms with Crippen molar-refractivity contribution in [2.75, 3.05) is 19.8 Å². The number of hydrogen-bond donors (Lipinski definition) is 2. The molecule has 2 rings (SSSR count). The van der Waals surface area contributed by atoms with Gasteiger partial charge in [-0.3, -0.25) is 0 Å². The second-order valence-corrected chi connectivity index (χ2v) is 4.77. The van der Waals surface area contributed by atoms with Crippen molar-refractivity contribution < 1.29 is 19.4 Å². The normalized spacial score (nSPS) is 19.8. The molecule has 0 amide bonds. The summed E-state index contributed by atoms with van der Waals surface area (Å²) in [6, 6.07) is 8.79. The molecule has 1 saturated heterocycles. The van der Waals surface area contributed by atoms with E-state index < -0.39 is 11.5 Å². The lowest BCUT2D eigenvalue weighted by molar-refractivity contribution is -0.148. The van der Waals surface area contributed by atoms with Crippen LogP contribution in [-0.2, 0) is 19.8 Å². The van der Waals surface area contributed by atoms with Gasteiger partial charge in [0, 0.05) is 13.2 Å². The summed E-state index contributed by atoms with van der Waals surface area (Å²) in [6.45, 7) is 1.28. The zero-order valence-electron chi connectivity index (χ0n) is 10.7. The Morgan fingerprint density at radius 2 is 2.00 bits per heavy atom. The molecule has 1 aliphatic heterocycles. The van der Waals surface area contributed by atoms with Crippen LogP contribution in [0.15, 0.2) is 30.3 Å². The van der Waals surface area contributed by atoms with Crippen LogP contribution in [0, 0.1) is 0 Å². The highest BCUT2D eigenvalue weighted by Crippen LogP contribution is 2.21. The van der Waals surface area contributed by atoms with E-state index in [9.17, 15) is 9.90 Å². The molecule has 0 aliphatic carbocycles. The second-order valence-electron chi connectivity index (χ2n) is 4.77. The fourth-order valence-electron chi connectivity index (χ4n) is 2.10. The number of carboxylic acid groups (broad SMARTS) is 1. The molecule has 0 aromatic heterocycles. The van der Waals surface area contributed by atoms with Crippen LogP contribution in [0.3, 0.4) is 0 Å². The van der Waals surface area contributed by atoms with Gasteiger partial charge in [-0.05, 0) is 18.4 Å². The van der Waals surface area contributed by atoms with Crippen LogP contribution in [0.25, 0.3) is 0 Å². The lowest BCUT2D eigenvalue weighted by Crippen LogP contribution is -2.50. The molecule has 0 bridgehead atoms. The lowest BCUT2D eigenvalue weighted by atomic mass is 9.92. The number of ether oxygens (including phenoxy) is 2. The third-order valence-electron chi connectivity index (χ3n) is 3.39. The number of carboxylic acids is 1. The Bertz CT molecular complexity index is 417. The molecule has 1 unspecified atom stereocenters. The van der Waals surface area contributed by atoms with E-state index in [1.807, 2.05) is 6.07 Å². The first-order valence-electron chi connectivity index (χ1n) is 6.40. The van der Waals surface area contributed by atoms with Crippen LogP contribution in [0.4, 0.5) is 0 Å². The van der Waals surface area contributed by atoms with Crippen LogP contribution in [-0.4, -0.2) is 37.0 Å². The van der Waals surface area contributed by atoms with Gasteiger partial charge in [-0.15, -0.1) is 0 Å². The van der Waals surface area contributed by atoms with Crippen molar-refractivity contribution in [1.82, 2.24) is 0 Å². The molecular formula is C14H19NO4. The molecule has 1 aromatic rings. The number of hydrogen-bond acceptors (Lipinski definition) is 4. The lowest BCUT2D eigenvalue weighted by Gasteiger charge is -2.29. The summed E-state index contributed by atoms with van der Waals surface area (Å²) in [7, 11) is 0. The minimum atomic E-state index is -1.50. The van der Waals surface area contributed by atoms with Gasteiger partial charge < -0.3 is 20.3 Å². The summed E-state index contributed by atoms with van der Waals surface area (Å²) in [5.41, 5.74) is 5.07. The molecule has 1 atom stereocenters. The van der Waals surface area contributed by atoms with Crippen LogP contribution < -0.4 is 5.73 Å².